The summed E-state index contributed by atoms with van der Waals surface area (Å²) in [6.07, 6.45) is 0. The van der Waals surface area contributed by atoms with E-state index in [9.17, 15) is 12.8 Å². The van der Waals surface area contributed by atoms with Crippen LogP contribution in [0.2, 0.25) is 0 Å². The van der Waals surface area contributed by atoms with Crippen molar-refractivity contribution in [2.75, 3.05) is 10.5 Å². The SMILES string of the molecule is Cc1nc(NS(=O)(=O)c2cc(N)c(C)c(F)c2)ccc1Br. The summed E-state index contributed by atoms with van der Waals surface area (Å²) in [7, 11) is -3.95. The molecule has 0 spiro atoms. The van der Waals surface area contributed by atoms with Crippen LogP contribution in [0.4, 0.5) is 15.9 Å². The van der Waals surface area contributed by atoms with Crippen molar-refractivity contribution in [1.82, 2.24) is 4.98 Å². The molecule has 0 amide bonds. The van der Waals surface area contributed by atoms with Gasteiger partial charge in [-0.25, -0.2) is 17.8 Å². The van der Waals surface area contributed by atoms with Crippen LogP contribution >= 0.6 is 15.9 Å². The Labute approximate surface area is 130 Å². The van der Waals surface area contributed by atoms with Gasteiger partial charge >= 0.3 is 0 Å². The summed E-state index contributed by atoms with van der Waals surface area (Å²) >= 11 is 3.28. The van der Waals surface area contributed by atoms with Crippen LogP contribution in [0.1, 0.15) is 11.3 Å². The number of nitrogens with two attached hydrogens (primary N) is 1. The largest absolute Gasteiger partial charge is 0.398 e. The fraction of sp³-hybridized carbons (Fsp3) is 0.154. The number of aromatic nitrogens is 1. The number of rotatable bonds is 3. The number of nitrogens with one attached hydrogen (secondary N) is 1. The minimum atomic E-state index is -3.95. The molecule has 0 aliphatic carbocycles. The Kier molecular flexibility index (Phi) is 4.20. The maximum Gasteiger partial charge on any atom is 0.263 e. The highest BCUT2D eigenvalue weighted by molar-refractivity contribution is 9.10. The number of hydrogen-bond acceptors (Lipinski definition) is 4. The van der Waals surface area contributed by atoms with Crippen LogP contribution in [0.5, 0.6) is 0 Å². The van der Waals surface area contributed by atoms with Gasteiger partial charge in [0.1, 0.15) is 11.6 Å². The van der Waals surface area contributed by atoms with Crippen molar-refractivity contribution in [3.63, 3.8) is 0 Å². The molecular formula is C13H13BrFN3O2S. The molecule has 0 aliphatic heterocycles. The van der Waals surface area contributed by atoms with Crippen LogP contribution in [0.15, 0.2) is 33.6 Å². The van der Waals surface area contributed by atoms with Crippen LogP contribution in [-0.2, 0) is 10.0 Å². The number of nitrogen functional groups attached to an aromatic ring is 1. The second-order valence-corrected chi connectivity index (χ2v) is 7.03. The van der Waals surface area contributed by atoms with Crippen molar-refractivity contribution in [3.8, 4) is 0 Å². The van der Waals surface area contributed by atoms with Crippen LogP contribution < -0.4 is 10.5 Å². The minimum absolute atomic E-state index is 0.0790. The van der Waals surface area contributed by atoms with E-state index in [4.69, 9.17) is 5.73 Å². The van der Waals surface area contributed by atoms with E-state index in [-0.39, 0.29) is 22.0 Å². The molecule has 0 saturated carbocycles. The van der Waals surface area contributed by atoms with Gasteiger partial charge in [-0.2, -0.15) is 0 Å². The van der Waals surface area contributed by atoms with Gasteiger partial charge in [0.25, 0.3) is 10.0 Å². The molecule has 1 aromatic carbocycles. The summed E-state index contributed by atoms with van der Waals surface area (Å²) in [4.78, 5) is 3.84. The average molecular weight is 374 g/mol. The molecule has 8 heteroatoms. The molecule has 1 aromatic heterocycles. The zero-order valence-corrected chi connectivity index (χ0v) is 13.7. The Morgan fingerprint density at radius 2 is 1.95 bits per heavy atom. The zero-order chi connectivity index (χ0) is 15.8. The second kappa shape index (κ2) is 5.61. The predicted molar refractivity (Wildman–Crippen MR) is 83.0 cm³/mol. The lowest BCUT2D eigenvalue weighted by Crippen LogP contribution is -2.15. The molecular weight excluding hydrogens is 361 g/mol. The summed E-state index contributed by atoms with van der Waals surface area (Å²) in [5.41, 5.74) is 6.52. The molecule has 1 heterocycles. The van der Waals surface area contributed by atoms with Gasteiger partial charge in [-0.1, -0.05) is 0 Å². The number of nitrogens with zero attached hydrogens (tertiary/aromatic N) is 1. The molecule has 0 bridgehead atoms. The number of sulfonamides is 1. The van der Waals surface area contributed by atoms with Crippen molar-refractivity contribution in [2.24, 2.45) is 0 Å². The predicted octanol–water partition coefficient (Wildman–Crippen LogP) is 2.98. The first kappa shape index (κ1) is 15.7. The van der Waals surface area contributed by atoms with E-state index in [0.717, 1.165) is 10.5 Å². The van der Waals surface area contributed by atoms with E-state index < -0.39 is 15.8 Å². The quantitative estimate of drug-likeness (QED) is 0.809. The molecule has 0 unspecified atom stereocenters. The van der Waals surface area contributed by atoms with Crippen LogP contribution in [0, 0.1) is 19.7 Å². The number of halogens is 2. The summed E-state index contributed by atoms with van der Waals surface area (Å²) in [5, 5.41) is 0. The third kappa shape index (κ3) is 3.33. The Hall–Kier alpha value is -1.67. The minimum Gasteiger partial charge on any atom is -0.398 e. The first-order valence-corrected chi connectivity index (χ1v) is 8.20. The summed E-state index contributed by atoms with van der Waals surface area (Å²) in [5.74, 6) is -0.523. The fourth-order valence-corrected chi connectivity index (χ4v) is 2.90. The summed E-state index contributed by atoms with van der Waals surface area (Å²) in [6.45, 7) is 3.21. The third-order valence-electron chi connectivity index (χ3n) is 2.93. The van der Waals surface area contributed by atoms with Crippen molar-refractivity contribution >= 4 is 37.5 Å². The van der Waals surface area contributed by atoms with Gasteiger partial charge in [0.05, 0.1) is 10.6 Å². The van der Waals surface area contributed by atoms with E-state index in [1.165, 1.54) is 19.1 Å². The molecule has 0 radical (unpaired) electrons. The number of aryl methyl sites for hydroxylation is 1. The van der Waals surface area contributed by atoms with Gasteiger partial charge < -0.3 is 5.73 Å². The van der Waals surface area contributed by atoms with Gasteiger partial charge in [-0.15, -0.1) is 0 Å². The van der Waals surface area contributed by atoms with Crippen molar-refractivity contribution in [3.05, 3.63) is 45.8 Å². The van der Waals surface area contributed by atoms with Crippen LogP contribution in [0.25, 0.3) is 0 Å². The maximum atomic E-state index is 13.6. The van der Waals surface area contributed by atoms with E-state index in [1.807, 2.05) is 0 Å². The molecule has 0 aliphatic rings. The molecule has 5 nitrogen and oxygen atoms in total. The maximum absolute atomic E-state index is 13.6. The lowest BCUT2D eigenvalue weighted by molar-refractivity contribution is 0.593. The lowest BCUT2D eigenvalue weighted by Gasteiger charge is -2.10. The van der Waals surface area contributed by atoms with Gasteiger partial charge in [0.2, 0.25) is 0 Å². The van der Waals surface area contributed by atoms with Crippen molar-refractivity contribution < 1.29 is 12.8 Å². The Morgan fingerprint density at radius 1 is 1.29 bits per heavy atom. The number of anilines is 2. The Morgan fingerprint density at radius 3 is 2.52 bits per heavy atom. The molecule has 0 saturated heterocycles. The smallest absolute Gasteiger partial charge is 0.263 e. The number of pyridine rings is 1. The van der Waals surface area contributed by atoms with Crippen molar-refractivity contribution in [2.45, 2.75) is 18.7 Å². The highest BCUT2D eigenvalue weighted by Gasteiger charge is 2.18. The summed E-state index contributed by atoms with van der Waals surface area (Å²) < 4.78 is 41.1. The van der Waals surface area contributed by atoms with Crippen LogP contribution in [0.3, 0.4) is 0 Å². The van der Waals surface area contributed by atoms with E-state index in [0.29, 0.717) is 5.69 Å². The third-order valence-corrected chi connectivity index (χ3v) is 5.10. The number of hydrogen-bond donors (Lipinski definition) is 2. The first-order valence-electron chi connectivity index (χ1n) is 5.92. The van der Waals surface area contributed by atoms with Gasteiger partial charge in [-0.3, -0.25) is 4.72 Å². The highest BCUT2D eigenvalue weighted by atomic mass is 79.9. The average Bonchev–Trinajstić information content (AvgIpc) is 2.39. The molecule has 3 N–H and O–H groups in total. The molecule has 2 rings (SSSR count). The van der Waals surface area contributed by atoms with Crippen LogP contribution in [-0.4, -0.2) is 13.4 Å². The molecule has 112 valence electrons. The molecule has 0 fully saturated rings. The Bertz CT molecular complexity index is 786. The monoisotopic (exact) mass is 373 g/mol. The fourth-order valence-electron chi connectivity index (χ4n) is 1.63. The highest BCUT2D eigenvalue weighted by Crippen LogP contribution is 2.23. The van der Waals surface area contributed by atoms with Gasteiger partial charge in [0, 0.05) is 15.7 Å². The normalized spacial score (nSPS) is 11.4. The second-order valence-electron chi connectivity index (χ2n) is 4.49. The van der Waals surface area contributed by atoms with Gasteiger partial charge in [0.15, 0.2) is 0 Å². The Balaban J connectivity index is 2.40. The summed E-state index contributed by atoms with van der Waals surface area (Å²) in [6, 6.07) is 5.32. The first-order chi connectivity index (χ1) is 9.70. The molecule has 0 atom stereocenters. The van der Waals surface area contributed by atoms with E-state index >= 15 is 0 Å². The van der Waals surface area contributed by atoms with E-state index in [1.54, 1.807) is 13.0 Å². The molecule has 21 heavy (non-hydrogen) atoms. The van der Waals surface area contributed by atoms with Gasteiger partial charge in [-0.05, 0) is 54.0 Å². The topological polar surface area (TPSA) is 85.1 Å². The molecule has 2 aromatic rings. The van der Waals surface area contributed by atoms with Crippen molar-refractivity contribution in [1.29, 1.82) is 0 Å². The zero-order valence-electron chi connectivity index (χ0n) is 11.3. The van der Waals surface area contributed by atoms with E-state index in [2.05, 4.69) is 25.6 Å². The standard InChI is InChI=1S/C13H13BrFN3O2S/c1-7-11(15)5-9(6-12(7)16)21(19,20)18-13-4-3-10(14)8(2)17-13/h3-6H,16H2,1-2H3,(H,17,18). The lowest BCUT2D eigenvalue weighted by atomic mass is 10.2. The number of benzene rings is 1.